The van der Waals surface area contributed by atoms with Crippen molar-refractivity contribution in [3.8, 4) is 0 Å². The Balaban J connectivity index is 1.89. The van der Waals surface area contributed by atoms with Crippen molar-refractivity contribution in [2.75, 3.05) is 19.0 Å². The molecule has 1 aromatic rings. The number of carbonyl (C=O) groups is 1. The van der Waals surface area contributed by atoms with Crippen LogP contribution >= 0.6 is 0 Å². The molecule has 0 aromatic carbocycles. The van der Waals surface area contributed by atoms with Crippen LogP contribution in [0.5, 0.6) is 0 Å². The lowest BCUT2D eigenvalue weighted by Gasteiger charge is -2.14. The van der Waals surface area contributed by atoms with Gasteiger partial charge in [0, 0.05) is 6.54 Å². The second kappa shape index (κ2) is 5.33. The number of ether oxygens (including phenoxy) is 1. The molecule has 1 aliphatic carbocycles. The minimum absolute atomic E-state index is 0.234. The third kappa shape index (κ3) is 2.97. The van der Waals surface area contributed by atoms with E-state index in [1.54, 1.807) is 6.20 Å². The van der Waals surface area contributed by atoms with E-state index < -0.39 is 5.97 Å². The van der Waals surface area contributed by atoms with Crippen molar-refractivity contribution in [2.24, 2.45) is 5.41 Å². The van der Waals surface area contributed by atoms with Gasteiger partial charge in [0.15, 0.2) is 5.69 Å². The molecule has 0 saturated heterocycles. The quantitative estimate of drug-likeness (QED) is 0.783. The highest BCUT2D eigenvalue weighted by molar-refractivity contribution is 5.86. The number of nitrogens with zero attached hydrogens (tertiary/aromatic N) is 2. The maximum absolute atomic E-state index is 11.2. The molecule has 1 fully saturated rings. The van der Waals surface area contributed by atoms with E-state index in [4.69, 9.17) is 0 Å². The summed E-state index contributed by atoms with van der Waals surface area (Å²) in [6, 6.07) is 0. The van der Waals surface area contributed by atoms with E-state index >= 15 is 0 Å². The lowest BCUT2D eigenvalue weighted by molar-refractivity contribution is 0.0593. The van der Waals surface area contributed by atoms with Crippen LogP contribution in [-0.4, -0.2) is 29.6 Å². The van der Waals surface area contributed by atoms with E-state index in [0.29, 0.717) is 11.2 Å². The molecule has 18 heavy (non-hydrogen) atoms. The van der Waals surface area contributed by atoms with Crippen molar-refractivity contribution in [1.29, 1.82) is 0 Å². The zero-order chi connectivity index (χ0) is 13.0. The number of anilines is 1. The van der Waals surface area contributed by atoms with E-state index in [0.717, 1.165) is 6.54 Å². The number of hydrogen-bond acceptors (Lipinski definition) is 5. The number of hydrogen-bond donors (Lipinski definition) is 1. The largest absolute Gasteiger partial charge is 0.464 e. The number of esters is 1. The molecule has 0 bridgehead atoms. The van der Waals surface area contributed by atoms with Crippen molar-refractivity contribution in [3.05, 3.63) is 18.1 Å². The molecule has 5 nitrogen and oxygen atoms in total. The van der Waals surface area contributed by atoms with Crippen molar-refractivity contribution >= 4 is 11.8 Å². The summed E-state index contributed by atoms with van der Waals surface area (Å²) in [5.74, 6) is 0.253. The highest BCUT2D eigenvalue weighted by Gasteiger charge is 2.41. The van der Waals surface area contributed by atoms with Gasteiger partial charge in [0.25, 0.3) is 0 Å². The van der Waals surface area contributed by atoms with Crippen LogP contribution < -0.4 is 5.32 Å². The maximum atomic E-state index is 11.2. The topological polar surface area (TPSA) is 64.1 Å². The second-order valence-corrected chi connectivity index (χ2v) is 4.88. The molecule has 0 radical (unpaired) electrons. The van der Waals surface area contributed by atoms with Crippen LogP contribution in [0.3, 0.4) is 0 Å². The Labute approximate surface area is 107 Å². The van der Waals surface area contributed by atoms with Gasteiger partial charge in [-0.1, -0.05) is 13.3 Å². The van der Waals surface area contributed by atoms with Gasteiger partial charge in [-0.2, -0.15) is 0 Å². The van der Waals surface area contributed by atoms with E-state index in [1.807, 2.05) is 0 Å². The van der Waals surface area contributed by atoms with E-state index in [-0.39, 0.29) is 5.69 Å². The number of rotatable bonds is 6. The van der Waals surface area contributed by atoms with Gasteiger partial charge in [0.05, 0.1) is 19.5 Å². The fourth-order valence-corrected chi connectivity index (χ4v) is 2.13. The van der Waals surface area contributed by atoms with Crippen LogP contribution in [0, 0.1) is 5.41 Å². The molecule has 0 unspecified atom stereocenters. The molecule has 0 atom stereocenters. The van der Waals surface area contributed by atoms with Crippen molar-refractivity contribution in [1.82, 2.24) is 9.97 Å². The first-order valence-corrected chi connectivity index (χ1v) is 6.33. The molecule has 5 heteroatoms. The molecule has 2 rings (SSSR count). The van der Waals surface area contributed by atoms with Gasteiger partial charge in [-0.15, -0.1) is 0 Å². The summed E-state index contributed by atoms with van der Waals surface area (Å²) in [5, 5.41) is 3.29. The number of methoxy groups -OCH3 is 1. The Morgan fingerprint density at radius 2 is 2.22 bits per heavy atom. The molecule has 98 valence electrons. The molecule has 0 amide bonds. The first-order valence-electron chi connectivity index (χ1n) is 6.33. The van der Waals surface area contributed by atoms with Crippen LogP contribution in [0.4, 0.5) is 5.82 Å². The summed E-state index contributed by atoms with van der Waals surface area (Å²) in [6.07, 6.45) is 8.08. The van der Waals surface area contributed by atoms with Gasteiger partial charge in [-0.3, -0.25) is 0 Å². The number of nitrogens with one attached hydrogen (secondary N) is 1. The lowest BCUT2D eigenvalue weighted by Crippen LogP contribution is -2.16. The number of carbonyl (C=O) groups excluding carboxylic acids is 1. The highest BCUT2D eigenvalue weighted by atomic mass is 16.5. The van der Waals surface area contributed by atoms with Gasteiger partial charge < -0.3 is 10.1 Å². The van der Waals surface area contributed by atoms with Gasteiger partial charge in [-0.25, -0.2) is 14.8 Å². The maximum Gasteiger partial charge on any atom is 0.358 e. The molecule has 1 aliphatic rings. The van der Waals surface area contributed by atoms with Crippen LogP contribution in [-0.2, 0) is 4.74 Å². The molecular weight excluding hydrogens is 230 g/mol. The average Bonchev–Trinajstić information content (AvgIpc) is 3.17. The molecule has 1 aromatic heterocycles. The normalized spacial score (nSPS) is 16.1. The molecule has 0 spiro atoms. The Morgan fingerprint density at radius 1 is 1.44 bits per heavy atom. The van der Waals surface area contributed by atoms with Crippen LogP contribution in [0.25, 0.3) is 0 Å². The van der Waals surface area contributed by atoms with Crippen molar-refractivity contribution < 1.29 is 9.53 Å². The Kier molecular flexibility index (Phi) is 3.79. The van der Waals surface area contributed by atoms with Gasteiger partial charge in [0.1, 0.15) is 5.82 Å². The molecular formula is C13H19N3O2. The molecule has 1 saturated carbocycles. The van der Waals surface area contributed by atoms with Crippen molar-refractivity contribution in [2.45, 2.75) is 32.6 Å². The van der Waals surface area contributed by atoms with Crippen LogP contribution in [0.1, 0.15) is 43.1 Å². The van der Waals surface area contributed by atoms with E-state index in [9.17, 15) is 4.79 Å². The van der Waals surface area contributed by atoms with Gasteiger partial charge in [-0.05, 0) is 24.7 Å². The zero-order valence-corrected chi connectivity index (χ0v) is 10.9. The minimum Gasteiger partial charge on any atom is -0.464 e. The molecule has 0 aliphatic heterocycles. The highest BCUT2D eigenvalue weighted by Crippen LogP contribution is 2.49. The average molecular weight is 249 g/mol. The lowest BCUT2D eigenvalue weighted by atomic mass is 10.0. The first-order chi connectivity index (χ1) is 8.69. The first kappa shape index (κ1) is 12.8. The molecule has 1 N–H and O–H groups in total. The SMILES string of the molecule is CCCC1(CNc2cnc(C(=O)OC)cn2)CC1. The van der Waals surface area contributed by atoms with Crippen molar-refractivity contribution in [3.63, 3.8) is 0 Å². The standard InChI is InChI=1S/C13H19N3O2/c1-3-4-13(5-6-13)9-16-11-8-14-10(7-15-11)12(17)18-2/h7-8H,3-6,9H2,1-2H3,(H,15,16). The smallest absolute Gasteiger partial charge is 0.358 e. The van der Waals surface area contributed by atoms with Crippen LogP contribution in [0.2, 0.25) is 0 Å². The Bertz CT molecular complexity index is 413. The minimum atomic E-state index is -0.460. The summed E-state index contributed by atoms with van der Waals surface area (Å²) in [6.45, 7) is 3.15. The third-order valence-corrected chi connectivity index (χ3v) is 3.43. The fourth-order valence-electron chi connectivity index (χ4n) is 2.13. The summed E-state index contributed by atoms with van der Waals surface area (Å²) < 4.78 is 4.57. The van der Waals surface area contributed by atoms with E-state index in [1.165, 1.54) is 39.0 Å². The zero-order valence-electron chi connectivity index (χ0n) is 10.9. The Hall–Kier alpha value is -1.65. The second-order valence-electron chi connectivity index (χ2n) is 4.88. The molecule has 1 heterocycles. The third-order valence-electron chi connectivity index (χ3n) is 3.43. The Morgan fingerprint density at radius 3 is 2.72 bits per heavy atom. The summed E-state index contributed by atoms with van der Waals surface area (Å²) in [4.78, 5) is 19.4. The van der Waals surface area contributed by atoms with Gasteiger partial charge >= 0.3 is 5.97 Å². The predicted molar refractivity (Wildman–Crippen MR) is 68.4 cm³/mol. The van der Waals surface area contributed by atoms with E-state index in [2.05, 4.69) is 26.9 Å². The predicted octanol–water partition coefficient (Wildman–Crippen LogP) is 2.26. The summed E-state index contributed by atoms with van der Waals surface area (Å²) >= 11 is 0. The monoisotopic (exact) mass is 249 g/mol. The van der Waals surface area contributed by atoms with Crippen LogP contribution in [0.15, 0.2) is 12.4 Å². The number of aromatic nitrogens is 2. The summed E-state index contributed by atoms with van der Waals surface area (Å²) in [7, 11) is 1.33. The summed E-state index contributed by atoms with van der Waals surface area (Å²) in [5.41, 5.74) is 0.704. The fraction of sp³-hybridized carbons (Fsp3) is 0.615. The van der Waals surface area contributed by atoms with Gasteiger partial charge in [0.2, 0.25) is 0 Å².